The highest BCUT2D eigenvalue weighted by Crippen LogP contribution is 2.34. The van der Waals surface area contributed by atoms with Gasteiger partial charge in [0.25, 0.3) is 5.91 Å². The molecule has 2 aromatic heterocycles. The second kappa shape index (κ2) is 7.41. The smallest absolute Gasteiger partial charge is 0.261 e. The first-order chi connectivity index (χ1) is 13.6. The van der Waals surface area contributed by atoms with Crippen LogP contribution >= 0.6 is 11.3 Å². The second-order valence-corrected chi connectivity index (χ2v) is 6.98. The molecule has 0 bridgehead atoms. The Balaban J connectivity index is 1.70. The third-order valence-electron chi connectivity index (χ3n) is 4.12. The summed E-state index contributed by atoms with van der Waals surface area (Å²) >= 11 is 1.20. The maximum Gasteiger partial charge on any atom is 0.261 e. The van der Waals surface area contributed by atoms with Gasteiger partial charge in [-0.25, -0.2) is 9.97 Å². The first-order valence-corrected chi connectivity index (χ1v) is 9.21. The zero-order chi connectivity index (χ0) is 19.7. The number of fused-ring (bicyclic) bond motifs is 2. The topological polar surface area (TPSA) is 132 Å². The number of thiophene rings is 1. The number of hydrogen-bond acceptors (Lipinski definition) is 9. The molecule has 9 nitrogen and oxygen atoms in total. The maximum absolute atomic E-state index is 12.3. The van der Waals surface area contributed by atoms with E-state index in [4.69, 9.17) is 25.4 Å². The van der Waals surface area contributed by atoms with Crippen molar-refractivity contribution in [3.8, 4) is 11.5 Å². The van der Waals surface area contributed by atoms with Crippen LogP contribution in [0.15, 0.2) is 24.3 Å². The number of nitrogens with one attached hydrogen (secondary N) is 2. The van der Waals surface area contributed by atoms with Crippen LogP contribution in [0, 0.1) is 5.41 Å². The molecule has 1 amide bonds. The number of nitrogens with zero attached hydrogens (tertiary/aromatic N) is 2. The summed E-state index contributed by atoms with van der Waals surface area (Å²) in [5.41, 5.74) is 6.95. The molecule has 10 heteroatoms. The normalized spacial score (nSPS) is 12.3. The number of anilines is 1. The van der Waals surface area contributed by atoms with E-state index in [0.717, 1.165) is 0 Å². The first kappa shape index (κ1) is 18.1. The molecule has 0 saturated carbocycles. The van der Waals surface area contributed by atoms with E-state index >= 15 is 0 Å². The van der Waals surface area contributed by atoms with Crippen molar-refractivity contribution in [3.05, 3.63) is 40.4 Å². The molecule has 1 aliphatic heterocycles. The average molecular weight is 399 g/mol. The van der Waals surface area contributed by atoms with Crippen molar-refractivity contribution >= 4 is 39.1 Å². The second-order valence-electron chi connectivity index (χ2n) is 5.95. The number of carbonyl (C=O) groups excluding carboxylic acids is 1. The highest BCUT2D eigenvalue weighted by molar-refractivity contribution is 7.20. The summed E-state index contributed by atoms with van der Waals surface area (Å²) < 4.78 is 15.6. The highest BCUT2D eigenvalue weighted by atomic mass is 32.1. The van der Waals surface area contributed by atoms with Gasteiger partial charge in [-0.3, -0.25) is 10.2 Å². The Kier molecular flexibility index (Phi) is 4.80. The van der Waals surface area contributed by atoms with E-state index in [9.17, 15) is 4.79 Å². The van der Waals surface area contributed by atoms with Gasteiger partial charge in [-0.1, -0.05) is 0 Å². The van der Waals surface area contributed by atoms with Gasteiger partial charge in [-0.05, 0) is 24.3 Å². The van der Waals surface area contributed by atoms with Crippen molar-refractivity contribution in [2.75, 3.05) is 32.8 Å². The van der Waals surface area contributed by atoms with E-state index in [-0.39, 0.29) is 24.4 Å². The molecule has 4 N–H and O–H groups in total. The van der Waals surface area contributed by atoms with Crippen LogP contribution in [0.25, 0.3) is 10.2 Å². The van der Waals surface area contributed by atoms with Gasteiger partial charge in [-0.2, -0.15) is 0 Å². The van der Waals surface area contributed by atoms with Crippen LogP contribution in [0.3, 0.4) is 0 Å². The molecule has 0 radical (unpaired) electrons. The summed E-state index contributed by atoms with van der Waals surface area (Å²) in [6.07, 6.45) is 0. The van der Waals surface area contributed by atoms with Gasteiger partial charge < -0.3 is 25.3 Å². The fourth-order valence-corrected chi connectivity index (χ4v) is 3.74. The number of ether oxygens (including phenoxy) is 3. The summed E-state index contributed by atoms with van der Waals surface area (Å²) in [6, 6.07) is 6.90. The molecule has 1 aliphatic rings. The number of methoxy groups -OCH3 is 1. The van der Waals surface area contributed by atoms with Gasteiger partial charge in [-0.15, -0.1) is 11.3 Å². The van der Waals surface area contributed by atoms with Crippen molar-refractivity contribution in [1.29, 1.82) is 5.41 Å². The van der Waals surface area contributed by atoms with E-state index < -0.39 is 0 Å². The number of rotatable bonds is 6. The monoisotopic (exact) mass is 399 g/mol. The van der Waals surface area contributed by atoms with Crippen LogP contribution < -0.4 is 20.5 Å². The SMILES string of the molecule is COCCNC(=O)c1cc2c(C(=N)c3ccc4c(c3)OCO4)nc(N)nc2s1. The molecule has 0 unspecified atom stereocenters. The highest BCUT2D eigenvalue weighted by Gasteiger charge is 2.20. The molecule has 0 spiro atoms. The summed E-state index contributed by atoms with van der Waals surface area (Å²) in [4.78, 5) is 21.8. The summed E-state index contributed by atoms with van der Waals surface area (Å²) in [7, 11) is 1.57. The standard InChI is InChI=1S/C18H17N5O4S/c1-25-5-4-21-16(24)13-7-10-15(22-18(20)23-17(10)28-13)14(19)9-2-3-11-12(6-9)27-8-26-11/h2-3,6-7,19H,4-5,8H2,1H3,(H,21,24)(H2,20,22,23). The van der Waals surface area contributed by atoms with Crippen molar-refractivity contribution in [2.45, 2.75) is 0 Å². The van der Waals surface area contributed by atoms with E-state index in [1.54, 1.807) is 31.4 Å². The van der Waals surface area contributed by atoms with Crippen molar-refractivity contribution < 1.29 is 19.0 Å². The van der Waals surface area contributed by atoms with E-state index in [0.29, 0.717) is 51.0 Å². The third kappa shape index (κ3) is 3.35. The average Bonchev–Trinajstić information content (AvgIpc) is 3.32. The predicted molar refractivity (Wildman–Crippen MR) is 105 cm³/mol. The molecular weight excluding hydrogens is 382 g/mol. The number of carbonyl (C=O) groups is 1. The number of hydrogen-bond donors (Lipinski definition) is 3. The zero-order valence-electron chi connectivity index (χ0n) is 14.9. The Bertz CT molecular complexity index is 1080. The Hall–Kier alpha value is -3.24. The molecular formula is C18H17N5O4S. The molecule has 4 rings (SSSR count). The lowest BCUT2D eigenvalue weighted by atomic mass is 10.0. The summed E-state index contributed by atoms with van der Waals surface area (Å²) in [5.74, 6) is 1.01. The van der Waals surface area contributed by atoms with E-state index in [1.807, 2.05) is 0 Å². The third-order valence-corrected chi connectivity index (χ3v) is 5.15. The van der Waals surface area contributed by atoms with Gasteiger partial charge in [0.05, 0.1) is 17.2 Å². The van der Waals surface area contributed by atoms with E-state index in [1.165, 1.54) is 11.3 Å². The minimum absolute atomic E-state index is 0.0428. The molecule has 28 heavy (non-hydrogen) atoms. The quantitative estimate of drug-likeness (QED) is 0.425. The maximum atomic E-state index is 12.3. The zero-order valence-corrected chi connectivity index (χ0v) is 15.8. The molecule has 144 valence electrons. The molecule has 0 fully saturated rings. The Labute approximate surface area is 164 Å². The molecule has 3 aromatic rings. The Morgan fingerprint density at radius 2 is 2.14 bits per heavy atom. The number of benzene rings is 1. The molecule has 0 saturated heterocycles. The fraction of sp³-hybridized carbons (Fsp3) is 0.222. The van der Waals surface area contributed by atoms with Crippen molar-refractivity contribution in [2.24, 2.45) is 0 Å². The lowest BCUT2D eigenvalue weighted by Crippen LogP contribution is -2.26. The van der Waals surface area contributed by atoms with Crippen LogP contribution in [0.1, 0.15) is 20.9 Å². The first-order valence-electron chi connectivity index (χ1n) is 8.40. The molecule has 3 heterocycles. The Morgan fingerprint density at radius 1 is 1.32 bits per heavy atom. The van der Waals surface area contributed by atoms with Gasteiger partial charge in [0.1, 0.15) is 10.5 Å². The molecule has 1 aromatic carbocycles. The van der Waals surface area contributed by atoms with Crippen LogP contribution in [-0.2, 0) is 4.74 Å². The minimum atomic E-state index is -0.237. The lowest BCUT2D eigenvalue weighted by Gasteiger charge is -2.07. The van der Waals surface area contributed by atoms with Crippen LogP contribution in [0.4, 0.5) is 5.95 Å². The largest absolute Gasteiger partial charge is 0.454 e. The summed E-state index contributed by atoms with van der Waals surface area (Å²) in [6.45, 7) is 0.976. The lowest BCUT2D eigenvalue weighted by molar-refractivity contribution is 0.0941. The molecule has 0 aliphatic carbocycles. The predicted octanol–water partition coefficient (Wildman–Crippen LogP) is 1.79. The number of amides is 1. The van der Waals surface area contributed by atoms with Gasteiger partial charge in [0.2, 0.25) is 12.7 Å². The van der Waals surface area contributed by atoms with E-state index in [2.05, 4.69) is 15.3 Å². The van der Waals surface area contributed by atoms with Crippen molar-refractivity contribution in [3.63, 3.8) is 0 Å². The Morgan fingerprint density at radius 3 is 2.96 bits per heavy atom. The molecule has 0 atom stereocenters. The van der Waals surface area contributed by atoms with Gasteiger partial charge in [0.15, 0.2) is 11.5 Å². The van der Waals surface area contributed by atoms with Crippen molar-refractivity contribution in [1.82, 2.24) is 15.3 Å². The number of nitrogen functional groups attached to an aromatic ring is 1. The van der Waals surface area contributed by atoms with Crippen LogP contribution in [-0.4, -0.2) is 48.6 Å². The number of nitrogens with two attached hydrogens (primary N) is 1. The summed E-state index contributed by atoms with van der Waals surface area (Å²) in [5, 5.41) is 12.0. The minimum Gasteiger partial charge on any atom is -0.454 e. The van der Waals surface area contributed by atoms with Gasteiger partial charge in [0, 0.05) is 24.6 Å². The van der Waals surface area contributed by atoms with Crippen LogP contribution in [0.2, 0.25) is 0 Å². The number of aromatic nitrogens is 2. The van der Waals surface area contributed by atoms with Crippen LogP contribution in [0.5, 0.6) is 11.5 Å². The fourth-order valence-electron chi connectivity index (χ4n) is 2.78. The van der Waals surface area contributed by atoms with Gasteiger partial charge >= 0.3 is 0 Å².